The number of carbonyl (C=O) groups is 4. The van der Waals surface area contributed by atoms with Gasteiger partial charge in [0, 0.05) is 37.3 Å². The van der Waals surface area contributed by atoms with Gasteiger partial charge < -0.3 is 28.8 Å². The summed E-state index contributed by atoms with van der Waals surface area (Å²) >= 11 is 0. The van der Waals surface area contributed by atoms with Gasteiger partial charge in [-0.05, 0) is 74.7 Å². The molecule has 12 nitrogen and oxygen atoms in total. The molecule has 5 rings (SSSR count). The van der Waals surface area contributed by atoms with Crippen LogP contribution in [0.2, 0.25) is 19.1 Å². The fourth-order valence-corrected chi connectivity index (χ4v) is 9.88. The van der Waals surface area contributed by atoms with E-state index in [9.17, 15) is 37.1 Å². The van der Waals surface area contributed by atoms with Gasteiger partial charge in [-0.1, -0.05) is 20.0 Å². The van der Waals surface area contributed by atoms with Crippen molar-refractivity contribution in [3.8, 4) is 17.1 Å². The highest BCUT2D eigenvalue weighted by molar-refractivity contribution is 6.91. The lowest BCUT2D eigenvalue weighted by Gasteiger charge is -2.35. The molecule has 2 aliphatic heterocycles. The molecule has 0 fully saturated rings. The third-order valence-corrected chi connectivity index (χ3v) is 12.5. The van der Waals surface area contributed by atoms with Crippen molar-refractivity contribution >= 4 is 48.2 Å². The first-order valence-corrected chi connectivity index (χ1v) is 20.2. The Bertz CT molecular complexity index is 2020. The number of nitrogens with one attached hydrogen (secondary N) is 1. The first-order valence-electron chi connectivity index (χ1n) is 17.0. The summed E-state index contributed by atoms with van der Waals surface area (Å²) in [7, 11) is -2.96. The lowest BCUT2D eigenvalue weighted by atomic mass is 9.85. The fraction of sp³-hybridized carbons (Fsp3) is 0.500. The van der Waals surface area contributed by atoms with Gasteiger partial charge in [0.2, 0.25) is 5.60 Å². The van der Waals surface area contributed by atoms with Crippen LogP contribution in [0.1, 0.15) is 77.0 Å². The number of alkyl carbamates (subject to hydrolysis) is 1. The molecule has 16 heteroatoms. The van der Waals surface area contributed by atoms with Crippen LogP contribution >= 0.6 is 0 Å². The number of carbonyl (C=O) groups excluding carboxylic acids is 4. The van der Waals surface area contributed by atoms with E-state index in [4.69, 9.17) is 23.9 Å². The van der Waals surface area contributed by atoms with Crippen LogP contribution in [0.15, 0.2) is 29.1 Å². The van der Waals surface area contributed by atoms with Crippen LogP contribution in [0.25, 0.3) is 22.3 Å². The third kappa shape index (κ3) is 7.85. The molecule has 0 aliphatic carbocycles. The second-order valence-corrected chi connectivity index (χ2v) is 19.4. The largest absolute Gasteiger partial charge is 0.457 e. The van der Waals surface area contributed by atoms with Gasteiger partial charge in [0.05, 0.1) is 37.1 Å². The summed E-state index contributed by atoms with van der Waals surface area (Å²) in [5, 5.41) is 3.73. The molecule has 2 aromatic heterocycles. The molecule has 0 spiro atoms. The Kier molecular flexibility index (Phi) is 10.4. The number of halogens is 3. The maximum Gasteiger partial charge on any atom is 0.407 e. The van der Waals surface area contributed by atoms with Crippen LogP contribution in [0.5, 0.6) is 5.75 Å². The SMILES string of the molecule is CC[C@@]1(OC(=O)CCCNC(=O)OC(C)(C)C)C(=O)OCc2c1cc1n(c2=O)Cc2c-1nc1ccc(OC(C)=O)cc1c2[Si](C)(C)CCC(F)(F)F. The number of aromatic nitrogens is 2. The van der Waals surface area contributed by atoms with E-state index in [0.29, 0.717) is 33.0 Å². The van der Waals surface area contributed by atoms with Crippen LogP contribution < -0.4 is 20.8 Å². The molecular formula is C36H42F3N3O9Si. The van der Waals surface area contributed by atoms with Gasteiger partial charge in [-0.15, -0.1) is 0 Å². The highest BCUT2D eigenvalue weighted by atomic mass is 28.3. The Balaban J connectivity index is 1.56. The number of pyridine rings is 2. The van der Waals surface area contributed by atoms with Gasteiger partial charge in [-0.3, -0.25) is 14.4 Å². The van der Waals surface area contributed by atoms with Crippen LogP contribution in [-0.2, 0) is 47.3 Å². The van der Waals surface area contributed by atoms with E-state index in [1.807, 2.05) is 13.1 Å². The molecule has 2 aliphatic rings. The molecule has 52 heavy (non-hydrogen) atoms. The normalized spacial score (nSPS) is 16.8. The van der Waals surface area contributed by atoms with Crippen LogP contribution in [0.3, 0.4) is 0 Å². The zero-order valence-corrected chi connectivity index (χ0v) is 31.2. The van der Waals surface area contributed by atoms with Crippen molar-refractivity contribution in [1.29, 1.82) is 0 Å². The predicted octanol–water partition coefficient (Wildman–Crippen LogP) is 5.73. The highest BCUT2D eigenvalue weighted by Crippen LogP contribution is 2.42. The summed E-state index contributed by atoms with van der Waals surface area (Å²) in [4.78, 5) is 69.4. The van der Waals surface area contributed by atoms with Crippen molar-refractivity contribution < 1.29 is 51.3 Å². The van der Waals surface area contributed by atoms with Crippen molar-refractivity contribution in [2.24, 2.45) is 0 Å². The van der Waals surface area contributed by atoms with E-state index >= 15 is 0 Å². The Morgan fingerprint density at radius 1 is 1.10 bits per heavy atom. The van der Waals surface area contributed by atoms with Crippen molar-refractivity contribution in [3.63, 3.8) is 0 Å². The molecule has 1 aromatic carbocycles. The van der Waals surface area contributed by atoms with Crippen LogP contribution in [0, 0.1) is 0 Å². The molecule has 1 N–H and O–H groups in total. The van der Waals surface area contributed by atoms with E-state index in [1.54, 1.807) is 45.9 Å². The lowest BCUT2D eigenvalue weighted by Crippen LogP contribution is -2.47. The number of hydrogen-bond donors (Lipinski definition) is 1. The minimum absolute atomic E-state index is 0.00714. The number of nitrogens with zero attached hydrogens (tertiary/aromatic N) is 2. The number of hydrogen-bond acceptors (Lipinski definition) is 10. The molecule has 0 saturated heterocycles. The zero-order valence-electron chi connectivity index (χ0n) is 30.2. The minimum atomic E-state index is -4.39. The average Bonchev–Trinajstić information content (AvgIpc) is 3.39. The number of amides is 1. The smallest absolute Gasteiger partial charge is 0.407 e. The molecule has 0 saturated carbocycles. The Labute approximate surface area is 299 Å². The van der Waals surface area contributed by atoms with E-state index in [1.165, 1.54) is 17.6 Å². The van der Waals surface area contributed by atoms with Crippen LogP contribution in [-0.4, -0.2) is 59.9 Å². The number of fused-ring (bicyclic) bond motifs is 5. The van der Waals surface area contributed by atoms with Gasteiger partial charge >= 0.3 is 30.2 Å². The number of ether oxygens (including phenoxy) is 4. The Morgan fingerprint density at radius 3 is 2.44 bits per heavy atom. The monoisotopic (exact) mass is 745 g/mol. The summed E-state index contributed by atoms with van der Waals surface area (Å²) in [5.41, 5.74) is -1.26. The minimum Gasteiger partial charge on any atom is -0.457 e. The summed E-state index contributed by atoms with van der Waals surface area (Å²) in [6.07, 6.45) is -6.10. The van der Waals surface area contributed by atoms with Crippen molar-refractivity contribution in [2.45, 2.75) is 110 Å². The maximum atomic E-state index is 14.2. The topological polar surface area (TPSA) is 152 Å². The number of esters is 3. The van der Waals surface area contributed by atoms with Crippen molar-refractivity contribution in [1.82, 2.24) is 14.9 Å². The standard InChI is InChI=1S/C36H42F3N3O9Si/c1-8-35(50-28(44)10-9-14-40-33(47)51-34(3,4)5)25-17-27-29-23(18-42(27)31(45)24(25)19-48-32(35)46)30(52(6,7)15-13-36(37,38)39)22-16-21(49-20(2)43)11-12-26(22)41-29/h11-12,16-17H,8-10,13-15,18-19H2,1-7H3,(H,40,47)/t35-/m0/s1. The molecule has 0 radical (unpaired) electrons. The summed E-state index contributed by atoms with van der Waals surface area (Å²) in [5.74, 6) is -1.97. The van der Waals surface area contributed by atoms with Crippen molar-refractivity contribution in [2.75, 3.05) is 6.54 Å². The fourth-order valence-electron chi connectivity index (χ4n) is 6.78. The molecular weight excluding hydrogens is 703 g/mol. The molecule has 4 heterocycles. The first kappa shape index (κ1) is 38.5. The Morgan fingerprint density at radius 2 is 1.81 bits per heavy atom. The molecule has 1 amide bonds. The van der Waals surface area contributed by atoms with E-state index in [-0.39, 0.29) is 61.9 Å². The van der Waals surface area contributed by atoms with Gasteiger partial charge in [-0.25, -0.2) is 14.6 Å². The van der Waals surface area contributed by atoms with E-state index in [0.717, 1.165) is 0 Å². The van der Waals surface area contributed by atoms with Crippen LogP contribution in [0.4, 0.5) is 18.0 Å². The number of rotatable bonds is 10. The van der Waals surface area contributed by atoms with Gasteiger partial charge in [0.25, 0.3) is 5.56 Å². The van der Waals surface area contributed by atoms with E-state index in [2.05, 4.69) is 5.32 Å². The van der Waals surface area contributed by atoms with Crippen molar-refractivity contribution in [3.05, 3.63) is 51.3 Å². The predicted molar refractivity (Wildman–Crippen MR) is 186 cm³/mol. The summed E-state index contributed by atoms with van der Waals surface area (Å²) < 4.78 is 63.9. The third-order valence-electron chi connectivity index (χ3n) is 9.11. The number of benzene rings is 1. The van der Waals surface area contributed by atoms with Gasteiger partial charge in [0.15, 0.2) is 0 Å². The molecule has 1 atom stereocenters. The number of cyclic esters (lactones) is 1. The molecule has 280 valence electrons. The molecule has 3 aromatic rings. The number of alkyl halides is 3. The van der Waals surface area contributed by atoms with E-state index < -0.39 is 61.4 Å². The molecule has 0 bridgehead atoms. The average molecular weight is 746 g/mol. The highest BCUT2D eigenvalue weighted by Gasteiger charge is 2.50. The second kappa shape index (κ2) is 14.0. The van der Waals surface area contributed by atoms with Gasteiger partial charge in [0.1, 0.15) is 18.0 Å². The summed E-state index contributed by atoms with van der Waals surface area (Å²) in [6, 6.07) is 6.18. The quantitative estimate of drug-likeness (QED) is 0.0701. The summed E-state index contributed by atoms with van der Waals surface area (Å²) in [6.45, 7) is 11.4. The molecule has 0 unspecified atom stereocenters. The van der Waals surface area contributed by atoms with Gasteiger partial charge in [-0.2, -0.15) is 13.2 Å². The Hall–Kier alpha value is -4.73. The first-order chi connectivity index (χ1) is 24.2. The zero-order chi connectivity index (χ0) is 38.4. The lowest BCUT2D eigenvalue weighted by molar-refractivity contribution is -0.189. The maximum absolute atomic E-state index is 14.2. The second-order valence-electron chi connectivity index (χ2n) is 14.7.